The van der Waals surface area contributed by atoms with Crippen LogP contribution in [0.25, 0.3) is 0 Å². The highest BCUT2D eigenvalue weighted by Crippen LogP contribution is 2.27. The Morgan fingerprint density at radius 1 is 1.17 bits per heavy atom. The van der Waals surface area contributed by atoms with E-state index in [1.54, 1.807) is 0 Å². The average molecular weight is 247 g/mol. The Kier molecular flexibility index (Phi) is 3.27. The molecule has 0 unspecified atom stereocenters. The standard InChI is InChI=1S/C15H21NO2/c17-15(6-8-16-9-7-15)11-18-14-5-4-12-2-1-3-13(12)10-14/h4-5,10,16-17H,1-3,6-9,11H2. The number of aryl methyl sites for hydroxylation is 2. The van der Waals surface area contributed by atoms with Gasteiger partial charge in [-0.2, -0.15) is 0 Å². The molecule has 18 heavy (non-hydrogen) atoms. The Labute approximate surface area is 108 Å². The van der Waals surface area contributed by atoms with Crippen LogP contribution in [0.5, 0.6) is 5.75 Å². The fourth-order valence-electron chi connectivity index (χ4n) is 2.89. The van der Waals surface area contributed by atoms with E-state index in [-0.39, 0.29) is 0 Å². The van der Waals surface area contributed by atoms with Crippen molar-refractivity contribution in [3.8, 4) is 5.75 Å². The Balaban J connectivity index is 1.62. The van der Waals surface area contributed by atoms with E-state index < -0.39 is 5.60 Å². The average Bonchev–Trinajstić information content (AvgIpc) is 2.85. The summed E-state index contributed by atoms with van der Waals surface area (Å²) in [7, 11) is 0. The van der Waals surface area contributed by atoms with Crippen LogP contribution in [-0.4, -0.2) is 30.4 Å². The van der Waals surface area contributed by atoms with Gasteiger partial charge in [0, 0.05) is 0 Å². The molecule has 98 valence electrons. The van der Waals surface area contributed by atoms with Gasteiger partial charge < -0.3 is 15.2 Å². The molecule has 1 aliphatic heterocycles. The second kappa shape index (κ2) is 4.90. The quantitative estimate of drug-likeness (QED) is 0.853. The van der Waals surface area contributed by atoms with Crippen molar-refractivity contribution in [1.29, 1.82) is 0 Å². The molecule has 2 aliphatic rings. The van der Waals surface area contributed by atoms with Gasteiger partial charge in [0.1, 0.15) is 18.0 Å². The van der Waals surface area contributed by atoms with Gasteiger partial charge >= 0.3 is 0 Å². The van der Waals surface area contributed by atoms with Crippen LogP contribution < -0.4 is 10.1 Å². The van der Waals surface area contributed by atoms with E-state index in [2.05, 4.69) is 17.4 Å². The minimum absolute atomic E-state index is 0.410. The molecule has 3 rings (SSSR count). The highest BCUT2D eigenvalue weighted by Gasteiger charge is 2.30. The third-order valence-corrected chi connectivity index (χ3v) is 4.11. The van der Waals surface area contributed by atoms with Crippen molar-refractivity contribution in [1.82, 2.24) is 5.32 Å². The maximum absolute atomic E-state index is 10.4. The molecular formula is C15H21NO2. The number of fused-ring (bicyclic) bond motifs is 1. The zero-order chi connectivity index (χ0) is 12.4. The number of hydrogen-bond donors (Lipinski definition) is 2. The first kappa shape index (κ1) is 12.0. The SMILES string of the molecule is OC1(COc2ccc3c(c2)CCC3)CCNCC1. The van der Waals surface area contributed by atoms with E-state index in [0.717, 1.165) is 31.7 Å². The normalized spacial score (nSPS) is 21.6. The lowest BCUT2D eigenvalue weighted by molar-refractivity contribution is -0.0286. The van der Waals surface area contributed by atoms with E-state index in [4.69, 9.17) is 4.74 Å². The predicted molar refractivity (Wildman–Crippen MR) is 71.0 cm³/mol. The second-order valence-corrected chi connectivity index (χ2v) is 5.55. The van der Waals surface area contributed by atoms with Crippen molar-refractivity contribution in [3.63, 3.8) is 0 Å². The molecule has 3 nitrogen and oxygen atoms in total. The van der Waals surface area contributed by atoms with E-state index in [1.165, 1.54) is 30.4 Å². The van der Waals surface area contributed by atoms with Crippen molar-refractivity contribution in [2.75, 3.05) is 19.7 Å². The van der Waals surface area contributed by atoms with Gasteiger partial charge in [-0.25, -0.2) is 0 Å². The molecule has 3 heteroatoms. The Morgan fingerprint density at radius 3 is 2.78 bits per heavy atom. The summed E-state index contributed by atoms with van der Waals surface area (Å²) >= 11 is 0. The number of benzene rings is 1. The molecule has 0 radical (unpaired) electrons. The van der Waals surface area contributed by atoms with Crippen LogP contribution in [0.4, 0.5) is 0 Å². The fraction of sp³-hybridized carbons (Fsp3) is 0.600. The number of aliphatic hydroxyl groups is 1. The number of piperidine rings is 1. The van der Waals surface area contributed by atoms with Crippen LogP contribution in [0.1, 0.15) is 30.4 Å². The number of nitrogens with one attached hydrogen (secondary N) is 1. The van der Waals surface area contributed by atoms with E-state index in [1.807, 2.05) is 6.07 Å². The van der Waals surface area contributed by atoms with Crippen LogP contribution in [0, 0.1) is 0 Å². The van der Waals surface area contributed by atoms with Crippen LogP contribution >= 0.6 is 0 Å². The van der Waals surface area contributed by atoms with Crippen molar-refractivity contribution in [2.45, 2.75) is 37.7 Å². The lowest BCUT2D eigenvalue weighted by Gasteiger charge is -2.32. The summed E-state index contributed by atoms with van der Waals surface area (Å²) in [6, 6.07) is 6.35. The summed E-state index contributed by atoms with van der Waals surface area (Å²) < 4.78 is 5.80. The summed E-state index contributed by atoms with van der Waals surface area (Å²) in [5, 5.41) is 13.6. The molecule has 0 spiro atoms. The predicted octanol–water partition coefficient (Wildman–Crippen LogP) is 1.67. The monoisotopic (exact) mass is 247 g/mol. The summed E-state index contributed by atoms with van der Waals surface area (Å²) in [5.41, 5.74) is 2.23. The first-order valence-corrected chi connectivity index (χ1v) is 6.93. The van der Waals surface area contributed by atoms with Gasteiger partial charge in [0.05, 0.1) is 0 Å². The number of ether oxygens (including phenoxy) is 1. The molecule has 0 atom stereocenters. The van der Waals surface area contributed by atoms with E-state index in [9.17, 15) is 5.11 Å². The molecular weight excluding hydrogens is 226 g/mol. The minimum Gasteiger partial charge on any atom is -0.491 e. The zero-order valence-electron chi connectivity index (χ0n) is 10.7. The molecule has 0 bridgehead atoms. The first-order chi connectivity index (χ1) is 8.75. The first-order valence-electron chi connectivity index (χ1n) is 6.93. The van der Waals surface area contributed by atoms with Crippen LogP contribution in [0.3, 0.4) is 0 Å². The second-order valence-electron chi connectivity index (χ2n) is 5.55. The molecule has 0 aromatic heterocycles. The topological polar surface area (TPSA) is 41.5 Å². The van der Waals surface area contributed by atoms with Crippen molar-refractivity contribution >= 4 is 0 Å². The van der Waals surface area contributed by atoms with Gasteiger partial charge in [0.2, 0.25) is 0 Å². The van der Waals surface area contributed by atoms with Gasteiger partial charge in [-0.05, 0) is 68.5 Å². The molecule has 1 saturated heterocycles. The smallest absolute Gasteiger partial charge is 0.119 e. The van der Waals surface area contributed by atoms with E-state index >= 15 is 0 Å². The fourth-order valence-corrected chi connectivity index (χ4v) is 2.89. The summed E-state index contributed by atoms with van der Waals surface area (Å²) in [6.45, 7) is 2.17. The molecule has 1 aromatic carbocycles. The summed E-state index contributed by atoms with van der Waals surface area (Å²) in [6.07, 6.45) is 5.18. The lowest BCUT2D eigenvalue weighted by Crippen LogP contribution is -2.45. The highest BCUT2D eigenvalue weighted by molar-refractivity contribution is 5.38. The Hall–Kier alpha value is -1.06. The van der Waals surface area contributed by atoms with Crippen LogP contribution in [0.2, 0.25) is 0 Å². The van der Waals surface area contributed by atoms with Gasteiger partial charge in [0.15, 0.2) is 0 Å². The van der Waals surface area contributed by atoms with Crippen molar-refractivity contribution in [2.24, 2.45) is 0 Å². The third-order valence-electron chi connectivity index (χ3n) is 4.11. The van der Waals surface area contributed by atoms with E-state index in [0.29, 0.717) is 6.61 Å². The van der Waals surface area contributed by atoms with Crippen LogP contribution in [0.15, 0.2) is 18.2 Å². The molecule has 1 aromatic rings. The van der Waals surface area contributed by atoms with Crippen molar-refractivity contribution in [3.05, 3.63) is 29.3 Å². The highest BCUT2D eigenvalue weighted by atomic mass is 16.5. The Bertz CT molecular complexity index is 425. The van der Waals surface area contributed by atoms with Gasteiger partial charge in [-0.1, -0.05) is 6.07 Å². The molecule has 0 saturated carbocycles. The van der Waals surface area contributed by atoms with Crippen LogP contribution in [-0.2, 0) is 12.8 Å². The summed E-state index contributed by atoms with van der Waals surface area (Å²) in [5.74, 6) is 0.905. The van der Waals surface area contributed by atoms with Crippen molar-refractivity contribution < 1.29 is 9.84 Å². The lowest BCUT2D eigenvalue weighted by atomic mass is 9.93. The maximum Gasteiger partial charge on any atom is 0.119 e. The molecule has 1 heterocycles. The molecule has 0 amide bonds. The van der Waals surface area contributed by atoms with Gasteiger partial charge in [-0.15, -0.1) is 0 Å². The number of hydrogen-bond acceptors (Lipinski definition) is 3. The Morgan fingerprint density at radius 2 is 1.94 bits per heavy atom. The molecule has 1 aliphatic carbocycles. The third kappa shape index (κ3) is 2.52. The zero-order valence-corrected chi connectivity index (χ0v) is 10.7. The maximum atomic E-state index is 10.4. The van der Waals surface area contributed by atoms with Gasteiger partial charge in [0.25, 0.3) is 0 Å². The molecule has 1 fully saturated rings. The minimum atomic E-state index is -0.649. The van der Waals surface area contributed by atoms with Gasteiger partial charge in [-0.3, -0.25) is 0 Å². The summed E-state index contributed by atoms with van der Waals surface area (Å²) in [4.78, 5) is 0. The largest absolute Gasteiger partial charge is 0.491 e. The molecule has 2 N–H and O–H groups in total. The number of rotatable bonds is 3.